The van der Waals surface area contributed by atoms with Crippen LogP contribution in [0.25, 0.3) is 0 Å². The molecule has 2 N–H and O–H groups in total. The Morgan fingerprint density at radius 3 is 2.79 bits per heavy atom. The van der Waals surface area contributed by atoms with Gasteiger partial charge in [0.15, 0.2) is 0 Å². The van der Waals surface area contributed by atoms with Crippen LogP contribution in [0.15, 0.2) is 29.6 Å². The van der Waals surface area contributed by atoms with Crippen molar-refractivity contribution in [2.75, 3.05) is 6.54 Å². The molecule has 0 aliphatic heterocycles. The van der Waals surface area contributed by atoms with Gasteiger partial charge in [0.1, 0.15) is 12.4 Å². The molecule has 0 atom stereocenters. The Kier molecular flexibility index (Phi) is 4.62. The van der Waals surface area contributed by atoms with E-state index in [0.717, 1.165) is 11.3 Å². The minimum absolute atomic E-state index is 0.393. The van der Waals surface area contributed by atoms with E-state index in [1.165, 1.54) is 16.0 Å². The molecule has 0 saturated carbocycles. The SMILES string of the molecule is Cc1ccc(OCc2cc(C#CCN)cs2)cc1C. The highest BCUT2D eigenvalue weighted by molar-refractivity contribution is 7.10. The van der Waals surface area contributed by atoms with E-state index >= 15 is 0 Å². The molecule has 0 spiro atoms. The summed E-state index contributed by atoms with van der Waals surface area (Å²) in [4.78, 5) is 1.17. The molecule has 1 aromatic carbocycles. The van der Waals surface area contributed by atoms with Crippen LogP contribution in [-0.4, -0.2) is 6.54 Å². The fraction of sp³-hybridized carbons (Fsp3) is 0.250. The Balaban J connectivity index is 1.98. The maximum atomic E-state index is 5.78. The molecule has 1 heterocycles. The van der Waals surface area contributed by atoms with Gasteiger partial charge >= 0.3 is 0 Å². The third kappa shape index (κ3) is 3.85. The van der Waals surface area contributed by atoms with Gasteiger partial charge in [0.05, 0.1) is 6.54 Å². The van der Waals surface area contributed by atoms with Gasteiger partial charge in [0, 0.05) is 15.8 Å². The molecule has 3 heteroatoms. The molecule has 2 aromatic rings. The zero-order valence-corrected chi connectivity index (χ0v) is 12.0. The first-order valence-corrected chi connectivity index (χ1v) is 7.03. The van der Waals surface area contributed by atoms with Crippen LogP contribution in [0.5, 0.6) is 5.75 Å². The summed E-state index contributed by atoms with van der Waals surface area (Å²) in [5.41, 5.74) is 8.89. The Morgan fingerprint density at radius 2 is 2.05 bits per heavy atom. The molecule has 2 nitrogen and oxygen atoms in total. The van der Waals surface area contributed by atoms with Crippen molar-refractivity contribution in [3.05, 3.63) is 51.2 Å². The normalized spacial score (nSPS) is 9.84. The summed E-state index contributed by atoms with van der Waals surface area (Å²) in [5, 5.41) is 2.03. The molecule has 0 fully saturated rings. The van der Waals surface area contributed by atoms with Gasteiger partial charge in [-0.25, -0.2) is 0 Å². The number of benzene rings is 1. The number of hydrogen-bond acceptors (Lipinski definition) is 3. The van der Waals surface area contributed by atoms with Gasteiger partial charge in [-0.2, -0.15) is 0 Å². The molecule has 0 bridgehead atoms. The van der Waals surface area contributed by atoms with E-state index in [1.54, 1.807) is 11.3 Å². The van der Waals surface area contributed by atoms with E-state index in [-0.39, 0.29) is 0 Å². The van der Waals surface area contributed by atoms with E-state index in [4.69, 9.17) is 10.5 Å². The predicted octanol–water partition coefficient (Wildman–Crippen LogP) is 3.25. The molecule has 0 aliphatic rings. The number of ether oxygens (including phenoxy) is 1. The van der Waals surface area contributed by atoms with Gasteiger partial charge in [-0.1, -0.05) is 17.9 Å². The highest BCUT2D eigenvalue weighted by Crippen LogP contribution is 2.20. The molecule has 98 valence electrons. The largest absolute Gasteiger partial charge is 0.488 e. The van der Waals surface area contributed by atoms with Crippen molar-refractivity contribution >= 4 is 11.3 Å². The zero-order valence-electron chi connectivity index (χ0n) is 11.2. The Morgan fingerprint density at radius 1 is 1.21 bits per heavy atom. The summed E-state index contributed by atoms with van der Waals surface area (Å²) in [6, 6.07) is 8.20. The third-order valence-corrected chi connectivity index (χ3v) is 3.76. The van der Waals surface area contributed by atoms with Crippen molar-refractivity contribution in [2.45, 2.75) is 20.5 Å². The lowest BCUT2D eigenvalue weighted by Crippen LogP contribution is -1.94. The highest BCUT2D eigenvalue weighted by atomic mass is 32.1. The third-order valence-electron chi connectivity index (χ3n) is 2.85. The van der Waals surface area contributed by atoms with E-state index in [9.17, 15) is 0 Å². The maximum absolute atomic E-state index is 5.78. The second-order valence-electron chi connectivity index (χ2n) is 4.34. The number of aryl methyl sites for hydroxylation is 2. The van der Waals surface area contributed by atoms with Crippen molar-refractivity contribution < 1.29 is 4.74 Å². The molecule has 0 saturated heterocycles. The van der Waals surface area contributed by atoms with Crippen LogP contribution < -0.4 is 10.5 Å². The second kappa shape index (κ2) is 6.42. The van der Waals surface area contributed by atoms with E-state index in [1.807, 2.05) is 17.5 Å². The van der Waals surface area contributed by atoms with Crippen molar-refractivity contribution in [1.29, 1.82) is 0 Å². The van der Waals surface area contributed by atoms with Crippen LogP contribution in [0.1, 0.15) is 21.6 Å². The first-order valence-electron chi connectivity index (χ1n) is 6.15. The minimum Gasteiger partial charge on any atom is -0.488 e. The van der Waals surface area contributed by atoms with Crippen molar-refractivity contribution in [1.82, 2.24) is 0 Å². The minimum atomic E-state index is 0.393. The molecule has 0 unspecified atom stereocenters. The Hall–Kier alpha value is -1.76. The van der Waals surface area contributed by atoms with Crippen molar-refractivity contribution in [3.8, 4) is 17.6 Å². The molecule has 2 rings (SSSR count). The molecule has 0 radical (unpaired) electrons. The van der Waals surface area contributed by atoms with Crippen molar-refractivity contribution in [2.24, 2.45) is 5.73 Å². The van der Waals surface area contributed by atoms with Gasteiger partial charge in [-0.15, -0.1) is 11.3 Å². The fourth-order valence-electron chi connectivity index (χ4n) is 1.63. The zero-order chi connectivity index (χ0) is 13.7. The average molecular weight is 271 g/mol. The topological polar surface area (TPSA) is 35.2 Å². The number of hydrogen-bond donors (Lipinski definition) is 1. The summed E-state index contributed by atoms with van der Waals surface area (Å²) >= 11 is 1.66. The van der Waals surface area contributed by atoms with Gasteiger partial charge in [0.25, 0.3) is 0 Å². The molecular weight excluding hydrogens is 254 g/mol. The summed E-state index contributed by atoms with van der Waals surface area (Å²) in [7, 11) is 0. The van der Waals surface area contributed by atoms with E-state index in [0.29, 0.717) is 13.2 Å². The molecule has 1 aromatic heterocycles. The fourth-order valence-corrected chi connectivity index (χ4v) is 2.36. The smallest absolute Gasteiger partial charge is 0.122 e. The quantitative estimate of drug-likeness (QED) is 0.870. The van der Waals surface area contributed by atoms with Gasteiger partial charge in [0.2, 0.25) is 0 Å². The van der Waals surface area contributed by atoms with Crippen LogP contribution in [0.2, 0.25) is 0 Å². The number of nitrogens with two attached hydrogens (primary N) is 1. The molecule has 19 heavy (non-hydrogen) atoms. The monoisotopic (exact) mass is 271 g/mol. The maximum Gasteiger partial charge on any atom is 0.122 e. The lowest BCUT2D eigenvalue weighted by molar-refractivity contribution is 0.309. The Bertz CT molecular complexity index is 619. The standard InChI is InChI=1S/C16H17NOS/c1-12-5-6-15(8-13(12)2)18-10-16-9-14(11-19-16)4-3-7-17/h5-6,8-9,11H,7,10,17H2,1-2H3. The number of thiophene rings is 1. The molecular formula is C16H17NOS. The van der Waals surface area contributed by atoms with E-state index < -0.39 is 0 Å². The summed E-state index contributed by atoms with van der Waals surface area (Å²) < 4.78 is 5.78. The summed E-state index contributed by atoms with van der Waals surface area (Å²) in [6.45, 7) is 5.16. The predicted molar refractivity (Wildman–Crippen MR) is 80.5 cm³/mol. The van der Waals surface area contributed by atoms with Crippen LogP contribution >= 0.6 is 11.3 Å². The van der Waals surface area contributed by atoms with Gasteiger partial charge in [-0.05, 0) is 43.2 Å². The molecule has 0 amide bonds. The lowest BCUT2D eigenvalue weighted by Gasteiger charge is -2.06. The summed E-state index contributed by atoms with van der Waals surface area (Å²) in [5.74, 6) is 6.78. The molecule has 0 aliphatic carbocycles. The van der Waals surface area contributed by atoms with Crippen LogP contribution in [0.3, 0.4) is 0 Å². The first kappa shape index (κ1) is 13.7. The second-order valence-corrected chi connectivity index (χ2v) is 5.34. The summed E-state index contributed by atoms with van der Waals surface area (Å²) in [6.07, 6.45) is 0. The first-order chi connectivity index (χ1) is 9.19. The average Bonchev–Trinajstić information content (AvgIpc) is 2.86. The van der Waals surface area contributed by atoms with Crippen LogP contribution in [0, 0.1) is 25.7 Å². The van der Waals surface area contributed by atoms with Crippen LogP contribution in [-0.2, 0) is 6.61 Å². The Labute approximate surface area is 118 Å². The highest BCUT2D eigenvalue weighted by Gasteiger charge is 2.01. The lowest BCUT2D eigenvalue weighted by atomic mass is 10.1. The van der Waals surface area contributed by atoms with E-state index in [2.05, 4.69) is 37.8 Å². The number of rotatable bonds is 3. The van der Waals surface area contributed by atoms with Crippen molar-refractivity contribution in [3.63, 3.8) is 0 Å². The van der Waals surface area contributed by atoms with Gasteiger partial charge < -0.3 is 10.5 Å². The van der Waals surface area contributed by atoms with Gasteiger partial charge in [-0.3, -0.25) is 0 Å². The van der Waals surface area contributed by atoms with Crippen LogP contribution in [0.4, 0.5) is 0 Å².